The maximum absolute atomic E-state index is 7.06. The van der Waals surface area contributed by atoms with Gasteiger partial charge in [-0.25, -0.2) is 0 Å². The van der Waals surface area contributed by atoms with Crippen LogP contribution in [0.2, 0.25) is 0 Å². The van der Waals surface area contributed by atoms with E-state index in [9.17, 15) is 0 Å². The lowest BCUT2D eigenvalue weighted by atomic mass is 10.3. The number of hydrogen-bond acceptors (Lipinski definition) is 3. The Balaban J connectivity index is 4.57. The Morgan fingerprint density at radius 2 is 2.00 bits per heavy atom. The molecule has 5 N–H and O–H groups in total. The molecule has 1 atom stereocenters. The summed E-state index contributed by atoms with van der Waals surface area (Å²) in [6.45, 7) is 3.55. The standard InChI is InChI=1S/C9H21N5O2/c1-7(6-16-3)14(4-5-15-2)9(12)13-8(10)11/h7H,4-6H2,1-3H3,(H5,10,11,12,13). The second-order valence-electron chi connectivity index (χ2n) is 3.35. The summed E-state index contributed by atoms with van der Waals surface area (Å²) >= 11 is 0. The molecule has 0 fully saturated rings. The largest absolute Gasteiger partial charge is 0.383 e. The number of hydrogen-bond donors (Lipinski definition) is 3. The van der Waals surface area contributed by atoms with Crippen LogP contribution in [0.25, 0.3) is 0 Å². The minimum Gasteiger partial charge on any atom is -0.383 e. The summed E-state index contributed by atoms with van der Waals surface area (Å²) in [6, 6.07) is 0.0447. The zero-order valence-electron chi connectivity index (χ0n) is 10.1. The van der Waals surface area contributed by atoms with Crippen LogP contribution in [0.4, 0.5) is 0 Å². The van der Waals surface area contributed by atoms with Crippen LogP contribution >= 0.6 is 0 Å². The van der Waals surface area contributed by atoms with Crippen LogP contribution in [-0.2, 0) is 9.47 Å². The summed E-state index contributed by atoms with van der Waals surface area (Å²) in [5, 5.41) is 7.06. The van der Waals surface area contributed by atoms with E-state index in [4.69, 9.17) is 26.4 Å². The molecule has 0 aromatic rings. The molecule has 0 rings (SSSR count). The van der Waals surface area contributed by atoms with E-state index >= 15 is 0 Å². The van der Waals surface area contributed by atoms with Crippen molar-refractivity contribution in [1.29, 1.82) is 5.41 Å². The van der Waals surface area contributed by atoms with Crippen LogP contribution in [0.5, 0.6) is 0 Å². The molecule has 0 radical (unpaired) electrons. The van der Waals surface area contributed by atoms with Gasteiger partial charge in [0, 0.05) is 20.8 Å². The Kier molecular flexibility index (Phi) is 7.23. The number of nitrogens with zero attached hydrogens (tertiary/aromatic N) is 2. The summed E-state index contributed by atoms with van der Waals surface area (Å²) in [5.74, 6) is -0.112. The van der Waals surface area contributed by atoms with Crippen LogP contribution in [-0.4, -0.2) is 56.8 Å². The van der Waals surface area contributed by atoms with E-state index in [0.29, 0.717) is 19.8 Å². The van der Waals surface area contributed by atoms with E-state index in [1.165, 1.54) is 0 Å². The summed E-state index contributed by atoms with van der Waals surface area (Å²) in [4.78, 5) is 5.49. The van der Waals surface area contributed by atoms with Gasteiger partial charge in [-0.1, -0.05) is 0 Å². The summed E-state index contributed by atoms with van der Waals surface area (Å²) in [7, 11) is 3.22. The first-order valence-corrected chi connectivity index (χ1v) is 4.95. The minimum atomic E-state index is -0.315. The Hall–Kier alpha value is -1.34. The van der Waals surface area contributed by atoms with Gasteiger partial charge in [0.1, 0.15) is 0 Å². The lowest BCUT2D eigenvalue weighted by Gasteiger charge is -2.29. The van der Waals surface area contributed by atoms with Crippen molar-refractivity contribution in [2.45, 2.75) is 13.0 Å². The first-order valence-electron chi connectivity index (χ1n) is 4.95. The van der Waals surface area contributed by atoms with E-state index in [2.05, 4.69) is 4.99 Å². The van der Waals surface area contributed by atoms with Crippen LogP contribution in [0.1, 0.15) is 6.92 Å². The second kappa shape index (κ2) is 7.89. The predicted molar refractivity (Wildman–Crippen MR) is 63.5 cm³/mol. The van der Waals surface area contributed by atoms with Gasteiger partial charge in [-0.15, -0.1) is 0 Å². The fraction of sp³-hybridized carbons (Fsp3) is 0.778. The maximum Gasteiger partial charge on any atom is 0.215 e. The number of nitrogens with two attached hydrogens (primary N) is 2. The smallest absolute Gasteiger partial charge is 0.215 e. The van der Waals surface area contributed by atoms with Gasteiger partial charge >= 0.3 is 0 Å². The van der Waals surface area contributed by atoms with Crippen molar-refractivity contribution in [3.8, 4) is 0 Å². The molecular formula is C9H21N5O2. The Labute approximate surface area is 95.9 Å². The SMILES string of the molecule is COCCN(/C(N)=N/C(=N)N)C(C)COC. The topological polar surface area (TPSA) is 110 Å². The van der Waals surface area contributed by atoms with Gasteiger partial charge in [0.15, 0.2) is 5.96 Å². The van der Waals surface area contributed by atoms with E-state index < -0.39 is 0 Å². The van der Waals surface area contributed by atoms with Crippen molar-refractivity contribution in [3.63, 3.8) is 0 Å². The average Bonchev–Trinajstić information content (AvgIpc) is 2.17. The second-order valence-corrected chi connectivity index (χ2v) is 3.35. The molecule has 0 bridgehead atoms. The highest BCUT2D eigenvalue weighted by Gasteiger charge is 2.15. The molecule has 0 heterocycles. The fourth-order valence-corrected chi connectivity index (χ4v) is 1.27. The molecule has 0 aliphatic carbocycles. The van der Waals surface area contributed by atoms with E-state index in [1.54, 1.807) is 19.1 Å². The molecule has 0 spiro atoms. The van der Waals surface area contributed by atoms with Gasteiger partial charge in [0.2, 0.25) is 5.96 Å². The van der Waals surface area contributed by atoms with Crippen LogP contribution < -0.4 is 11.5 Å². The van der Waals surface area contributed by atoms with Crippen molar-refractivity contribution < 1.29 is 9.47 Å². The first kappa shape index (κ1) is 14.7. The van der Waals surface area contributed by atoms with E-state index in [-0.39, 0.29) is 18.0 Å². The molecule has 0 amide bonds. The predicted octanol–water partition coefficient (Wildman–Crippen LogP) is -0.822. The molecular weight excluding hydrogens is 210 g/mol. The number of aliphatic imine (C=N–C) groups is 1. The first-order chi connectivity index (χ1) is 7.52. The lowest BCUT2D eigenvalue weighted by molar-refractivity contribution is 0.113. The Morgan fingerprint density at radius 1 is 1.38 bits per heavy atom. The highest BCUT2D eigenvalue weighted by atomic mass is 16.5. The summed E-state index contributed by atoms with van der Waals surface area (Å²) in [6.07, 6.45) is 0. The Morgan fingerprint density at radius 3 is 2.44 bits per heavy atom. The van der Waals surface area contributed by atoms with Gasteiger partial charge in [0.25, 0.3) is 0 Å². The molecule has 1 unspecified atom stereocenters. The number of methoxy groups -OCH3 is 2. The van der Waals surface area contributed by atoms with Crippen molar-refractivity contribution in [2.24, 2.45) is 16.5 Å². The number of ether oxygens (including phenoxy) is 2. The molecule has 0 aromatic carbocycles. The van der Waals surface area contributed by atoms with Gasteiger partial charge in [-0.2, -0.15) is 4.99 Å². The number of guanidine groups is 2. The average molecular weight is 231 g/mol. The highest BCUT2D eigenvalue weighted by molar-refractivity contribution is 5.91. The number of rotatable bonds is 6. The normalized spacial score (nSPS) is 13.6. The van der Waals surface area contributed by atoms with Crippen molar-refractivity contribution >= 4 is 11.9 Å². The van der Waals surface area contributed by atoms with Crippen LogP contribution in [0, 0.1) is 5.41 Å². The third kappa shape index (κ3) is 5.52. The molecule has 0 aliphatic heterocycles. The highest BCUT2D eigenvalue weighted by Crippen LogP contribution is 1.99. The molecule has 0 saturated heterocycles. The van der Waals surface area contributed by atoms with Crippen LogP contribution in [0.3, 0.4) is 0 Å². The van der Waals surface area contributed by atoms with Gasteiger partial charge in [-0.3, -0.25) is 5.41 Å². The quantitative estimate of drug-likeness (QED) is 0.408. The monoisotopic (exact) mass is 231 g/mol. The van der Waals surface area contributed by atoms with Gasteiger partial charge < -0.3 is 25.8 Å². The zero-order valence-corrected chi connectivity index (χ0v) is 10.1. The molecule has 0 aliphatic rings. The molecule has 16 heavy (non-hydrogen) atoms. The summed E-state index contributed by atoms with van der Waals surface area (Å²) in [5.41, 5.74) is 10.9. The van der Waals surface area contributed by atoms with Crippen molar-refractivity contribution in [3.05, 3.63) is 0 Å². The summed E-state index contributed by atoms with van der Waals surface area (Å²) < 4.78 is 10.0. The Bertz CT molecular complexity index is 244. The minimum absolute atomic E-state index is 0.0447. The van der Waals surface area contributed by atoms with E-state index in [1.807, 2.05) is 6.92 Å². The lowest BCUT2D eigenvalue weighted by Crippen LogP contribution is -2.47. The molecule has 0 saturated carbocycles. The van der Waals surface area contributed by atoms with Crippen molar-refractivity contribution in [2.75, 3.05) is 34.0 Å². The molecule has 94 valence electrons. The molecule has 7 heteroatoms. The number of nitrogens with one attached hydrogen (secondary N) is 1. The van der Waals surface area contributed by atoms with Gasteiger partial charge in [0.05, 0.1) is 19.3 Å². The van der Waals surface area contributed by atoms with Crippen molar-refractivity contribution in [1.82, 2.24) is 4.90 Å². The zero-order chi connectivity index (χ0) is 12.6. The fourth-order valence-electron chi connectivity index (χ4n) is 1.27. The maximum atomic E-state index is 7.06. The molecule has 0 aromatic heterocycles. The van der Waals surface area contributed by atoms with Gasteiger partial charge in [-0.05, 0) is 6.92 Å². The molecule has 7 nitrogen and oxygen atoms in total. The third-order valence-corrected chi connectivity index (χ3v) is 2.01. The van der Waals surface area contributed by atoms with E-state index in [0.717, 1.165) is 0 Å². The van der Waals surface area contributed by atoms with Crippen LogP contribution in [0.15, 0.2) is 4.99 Å². The third-order valence-electron chi connectivity index (χ3n) is 2.01.